The summed E-state index contributed by atoms with van der Waals surface area (Å²) in [6.45, 7) is 2.19. The van der Waals surface area contributed by atoms with Crippen molar-refractivity contribution in [2.75, 3.05) is 12.0 Å². The van der Waals surface area contributed by atoms with Crippen LogP contribution in [0.2, 0.25) is 0 Å². The molecule has 1 N–H and O–H groups in total. The minimum Gasteiger partial charge on any atom is -0.393 e. The summed E-state index contributed by atoms with van der Waals surface area (Å²) in [5.74, 6) is 1.16. The van der Waals surface area contributed by atoms with E-state index in [-0.39, 0.29) is 5.75 Å². The van der Waals surface area contributed by atoms with E-state index in [1.54, 1.807) is 0 Å². The molecule has 1 aliphatic rings. The minimum atomic E-state index is -2.94. The van der Waals surface area contributed by atoms with Gasteiger partial charge < -0.3 is 5.11 Å². The van der Waals surface area contributed by atoms with Crippen LogP contribution in [0.25, 0.3) is 0 Å². The average molecular weight is 248 g/mol. The van der Waals surface area contributed by atoms with E-state index in [4.69, 9.17) is 0 Å². The number of aliphatic hydroxyl groups is 1. The molecular weight excluding hydrogens is 224 g/mol. The first kappa shape index (κ1) is 14.0. The maximum absolute atomic E-state index is 11.0. The maximum atomic E-state index is 11.0. The van der Waals surface area contributed by atoms with Crippen molar-refractivity contribution in [3.8, 4) is 0 Å². The normalized spacial score (nSPS) is 28.9. The second-order valence-electron chi connectivity index (χ2n) is 5.19. The van der Waals surface area contributed by atoms with E-state index in [9.17, 15) is 13.5 Å². The Balaban J connectivity index is 2.38. The van der Waals surface area contributed by atoms with Gasteiger partial charge in [0.05, 0.1) is 11.9 Å². The van der Waals surface area contributed by atoms with Crippen LogP contribution < -0.4 is 0 Å². The highest BCUT2D eigenvalue weighted by atomic mass is 32.2. The lowest BCUT2D eigenvalue weighted by Gasteiger charge is -2.31. The highest BCUT2D eigenvalue weighted by Crippen LogP contribution is 2.33. The highest BCUT2D eigenvalue weighted by molar-refractivity contribution is 7.90. The van der Waals surface area contributed by atoms with Crippen molar-refractivity contribution in [3.05, 3.63) is 0 Å². The maximum Gasteiger partial charge on any atom is 0.147 e. The summed E-state index contributed by atoms with van der Waals surface area (Å²) in [7, 11) is -2.94. The van der Waals surface area contributed by atoms with Gasteiger partial charge in [-0.25, -0.2) is 8.42 Å². The van der Waals surface area contributed by atoms with E-state index >= 15 is 0 Å². The Kier molecular flexibility index (Phi) is 5.25. The van der Waals surface area contributed by atoms with Crippen LogP contribution in [-0.4, -0.2) is 31.6 Å². The fourth-order valence-corrected chi connectivity index (χ4v) is 3.29. The van der Waals surface area contributed by atoms with E-state index in [1.165, 1.54) is 25.5 Å². The van der Waals surface area contributed by atoms with Gasteiger partial charge in [0.1, 0.15) is 9.84 Å². The first-order chi connectivity index (χ1) is 7.42. The smallest absolute Gasteiger partial charge is 0.147 e. The number of rotatable bonds is 5. The van der Waals surface area contributed by atoms with Crippen LogP contribution in [-0.2, 0) is 9.84 Å². The molecule has 4 heteroatoms. The quantitative estimate of drug-likeness (QED) is 0.809. The fourth-order valence-electron chi connectivity index (χ4n) is 2.62. The van der Waals surface area contributed by atoms with Crippen molar-refractivity contribution in [2.24, 2.45) is 11.8 Å². The van der Waals surface area contributed by atoms with Gasteiger partial charge in [-0.2, -0.15) is 0 Å². The van der Waals surface area contributed by atoms with E-state index < -0.39 is 15.9 Å². The van der Waals surface area contributed by atoms with E-state index in [2.05, 4.69) is 6.92 Å². The van der Waals surface area contributed by atoms with Crippen molar-refractivity contribution in [1.82, 2.24) is 0 Å². The molecule has 0 radical (unpaired) electrons. The average Bonchev–Trinajstić information content (AvgIpc) is 2.25. The Morgan fingerprint density at radius 1 is 1.38 bits per heavy atom. The van der Waals surface area contributed by atoms with Crippen molar-refractivity contribution in [2.45, 2.75) is 51.6 Å². The molecule has 1 rings (SSSR count). The van der Waals surface area contributed by atoms with Crippen molar-refractivity contribution in [1.29, 1.82) is 0 Å². The molecule has 3 unspecified atom stereocenters. The minimum absolute atomic E-state index is 0.113. The zero-order valence-electron chi connectivity index (χ0n) is 10.4. The topological polar surface area (TPSA) is 54.4 Å². The molecule has 0 saturated heterocycles. The molecule has 0 aromatic carbocycles. The molecule has 0 amide bonds. The van der Waals surface area contributed by atoms with Gasteiger partial charge in [-0.15, -0.1) is 0 Å². The van der Waals surface area contributed by atoms with E-state index in [1.807, 2.05) is 0 Å². The van der Waals surface area contributed by atoms with Crippen molar-refractivity contribution in [3.63, 3.8) is 0 Å². The molecule has 0 bridgehead atoms. The largest absolute Gasteiger partial charge is 0.393 e. The van der Waals surface area contributed by atoms with E-state index in [0.29, 0.717) is 12.3 Å². The van der Waals surface area contributed by atoms with E-state index in [0.717, 1.165) is 18.8 Å². The monoisotopic (exact) mass is 248 g/mol. The second-order valence-corrected chi connectivity index (χ2v) is 7.45. The lowest BCUT2D eigenvalue weighted by molar-refractivity contribution is 0.0659. The molecule has 0 aliphatic heterocycles. The van der Waals surface area contributed by atoms with Crippen molar-refractivity contribution >= 4 is 9.84 Å². The molecule has 3 nitrogen and oxygen atoms in total. The molecule has 96 valence electrons. The Morgan fingerprint density at radius 3 is 2.62 bits per heavy atom. The van der Waals surface area contributed by atoms with Crippen LogP contribution in [0.1, 0.15) is 45.4 Å². The molecule has 1 saturated carbocycles. The van der Waals surface area contributed by atoms with Gasteiger partial charge in [0.2, 0.25) is 0 Å². The third-order valence-electron chi connectivity index (χ3n) is 3.73. The number of hydrogen-bond acceptors (Lipinski definition) is 3. The zero-order chi connectivity index (χ0) is 12.2. The summed E-state index contributed by atoms with van der Waals surface area (Å²) >= 11 is 0. The number of aliphatic hydroxyl groups excluding tert-OH is 1. The first-order valence-electron chi connectivity index (χ1n) is 6.28. The SMILES string of the molecule is CCC1CCCC(C(O)CCS(C)(=O)=O)C1. The summed E-state index contributed by atoms with van der Waals surface area (Å²) in [5, 5.41) is 9.99. The lowest BCUT2D eigenvalue weighted by Crippen LogP contribution is -2.28. The lowest BCUT2D eigenvalue weighted by atomic mass is 9.77. The summed E-state index contributed by atoms with van der Waals surface area (Å²) in [6.07, 6.45) is 6.96. The van der Waals surface area contributed by atoms with Crippen molar-refractivity contribution < 1.29 is 13.5 Å². The fraction of sp³-hybridized carbons (Fsp3) is 1.00. The first-order valence-corrected chi connectivity index (χ1v) is 8.34. The molecule has 0 aromatic rings. The van der Waals surface area contributed by atoms with Gasteiger partial charge in [-0.3, -0.25) is 0 Å². The van der Waals surface area contributed by atoms with Gasteiger partial charge in [-0.1, -0.05) is 26.2 Å². The van der Waals surface area contributed by atoms with Crippen LogP contribution in [0, 0.1) is 11.8 Å². The Bertz CT molecular complexity index is 297. The van der Waals surface area contributed by atoms with Crippen LogP contribution in [0.3, 0.4) is 0 Å². The Hall–Kier alpha value is -0.0900. The molecule has 3 atom stereocenters. The number of hydrogen-bond donors (Lipinski definition) is 1. The predicted molar refractivity (Wildman–Crippen MR) is 66.1 cm³/mol. The standard InChI is InChI=1S/C12H24O3S/c1-3-10-5-4-6-11(9-10)12(13)7-8-16(2,14)15/h10-13H,3-9H2,1-2H3. The van der Waals surface area contributed by atoms with Gasteiger partial charge in [0.15, 0.2) is 0 Å². The summed E-state index contributed by atoms with van der Waals surface area (Å²) in [5.41, 5.74) is 0. The molecule has 1 fully saturated rings. The van der Waals surface area contributed by atoms with Gasteiger partial charge in [0.25, 0.3) is 0 Å². The third-order valence-corrected chi connectivity index (χ3v) is 4.71. The van der Waals surface area contributed by atoms with Crippen LogP contribution in [0.5, 0.6) is 0 Å². The molecule has 16 heavy (non-hydrogen) atoms. The molecule has 0 aromatic heterocycles. The molecule has 0 spiro atoms. The van der Waals surface area contributed by atoms with Crippen LogP contribution in [0.4, 0.5) is 0 Å². The summed E-state index contributed by atoms with van der Waals surface area (Å²) < 4.78 is 22.1. The van der Waals surface area contributed by atoms with Crippen LogP contribution in [0.15, 0.2) is 0 Å². The highest BCUT2D eigenvalue weighted by Gasteiger charge is 2.26. The molecule has 0 heterocycles. The Morgan fingerprint density at radius 2 is 2.06 bits per heavy atom. The van der Waals surface area contributed by atoms with Crippen LogP contribution >= 0.6 is 0 Å². The van der Waals surface area contributed by atoms with Gasteiger partial charge in [-0.05, 0) is 31.1 Å². The number of sulfone groups is 1. The Labute approximate surface area is 99.2 Å². The predicted octanol–water partition coefficient (Wildman–Crippen LogP) is 2.00. The van der Waals surface area contributed by atoms with Gasteiger partial charge in [0, 0.05) is 6.26 Å². The van der Waals surface area contributed by atoms with Gasteiger partial charge >= 0.3 is 0 Å². The summed E-state index contributed by atoms with van der Waals surface area (Å²) in [4.78, 5) is 0. The summed E-state index contributed by atoms with van der Waals surface area (Å²) in [6, 6.07) is 0. The third kappa shape index (κ3) is 4.83. The zero-order valence-corrected chi connectivity index (χ0v) is 11.2. The molecular formula is C12H24O3S. The molecule has 1 aliphatic carbocycles. The second kappa shape index (κ2) is 6.01.